The van der Waals surface area contributed by atoms with Crippen LogP contribution in [0.2, 0.25) is 0 Å². The van der Waals surface area contributed by atoms with Crippen molar-refractivity contribution >= 4 is 34.9 Å². The van der Waals surface area contributed by atoms with Crippen molar-refractivity contribution in [2.75, 3.05) is 12.4 Å². The van der Waals surface area contributed by atoms with Crippen LogP contribution in [0, 0.1) is 0 Å². The Bertz CT molecular complexity index is 471. The third kappa shape index (κ3) is 5.05. The number of hydrogen-bond donors (Lipinski definition) is 2. The summed E-state index contributed by atoms with van der Waals surface area (Å²) >= 11 is 5.00. The molecule has 0 saturated heterocycles. The molecular weight excluding hydrogens is 264 g/mol. The quantitative estimate of drug-likeness (QED) is 0.653. The average molecular weight is 280 g/mol. The van der Waals surface area contributed by atoms with Gasteiger partial charge >= 0.3 is 5.97 Å². The van der Waals surface area contributed by atoms with E-state index in [9.17, 15) is 9.59 Å². The van der Waals surface area contributed by atoms with Crippen molar-refractivity contribution in [3.63, 3.8) is 0 Å². The van der Waals surface area contributed by atoms with Gasteiger partial charge in [-0.2, -0.15) is 0 Å². The van der Waals surface area contributed by atoms with Gasteiger partial charge < -0.3 is 15.4 Å². The van der Waals surface area contributed by atoms with Gasteiger partial charge in [0.2, 0.25) is 5.91 Å². The van der Waals surface area contributed by atoms with Gasteiger partial charge in [-0.3, -0.25) is 4.79 Å². The highest BCUT2D eigenvalue weighted by Crippen LogP contribution is 2.10. The molecule has 0 aliphatic heterocycles. The molecule has 1 rings (SSSR count). The molecule has 0 heterocycles. The Balaban J connectivity index is 2.56. The minimum atomic E-state index is -0.398. The van der Waals surface area contributed by atoms with E-state index in [0.29, 0.717) is 17.7 Å². The molecule has 0 bridgehead atoms. The van der Waals surface area contributed by atoms with Gasteiger partial charge in [-0.05, 0) is 42.9 Å². The van der Waals surface area contributed by atoms with Crippen LogP contribution in [0.5, 0.6) is 0 Å². The minimum Gasteiger partial charge on any atom is -0.465 e. The summed E-state index contributed by atoms with van der Waals surface area (Å²) in [4.78, 5) is 22.6. The van der Waals surface area contributed by atoms with Gasteiger partial charge in [0.15, 0.2) is 5.11 Å². The lowest BCUT2D eigenvalue weighted by Crippen LogP contribution is -2.33. The van der Waals surface area contributed by atoms with Crippen LogP contribution in [-0.4, -0.2) is 24.1 Å². The molecule has 1 aromatic rings. The van der Waals surface area contributed by atoms with E-state index in [1.165, 1.54) is 7.11 Å². The van der Waals surface area contributed by atoms with E-state index in [4.69, 9.17) is 12.2 Å². The van der Waals surface area contributed by atoms with E-state index in [1.807, 2.05) is 6.92 Å². The topological polar surface area (TPSA) is 67.4 Å². The number of hydrogen-bond acceptors (Lipinski definition) is 4. The molecule has 0 aliphatic carbocycles. The number of thiocarbonyl (C=S) groups is 1. The van der Waals surface area contributed by atoms with E-state index in [-0.39, 0.29) is 11.0 Å². The second kappa shape index (κ2) is 7.48. The fourth-order valence-electron chi connectivity index (χ4n) is 1.39. The summed E-state index contributed by atoms with van der Waals surface area (Å²) in [5.74, 6) is -0.517. The Morgan fingerprint density at radius 1 is 1.26 bits per heavy atom. The predicted octanol–water partition coefficient (Wildman–Crippen LogP) is 2.09. The number of methoxy groups -OCH3 is 1. The summed E-state index contributed by atoms with van der Waals surface area (Å²) in [5.41, 5.74) is 1.14. The maximum Gasteiger partial charge on any atom is 0.337 e. The molecule has 102 valence electrons. The summed E-state index contributed by atoms with van der Waals surface area (Å²) in [5, 5.41) is 5.67. The first-order chi connectivity index (χ1) is 9.06. The van der Waals surface area contributed by atoms with Crippen LogP contribution < -0.4 is 10.6 Å². The molecule has 2 N–H and O–H groups in total. The highest BCUT2D eigenvalue weighted by molar-refractivity contribution is 7.80. The zero-order valence-corrected chi connectivity index (χ0v) is 11.7. The molecule has 0 unspecified atom stereocenters. The number of anilines is 1. The number of esters is 1. The van der Waals surface area contributed by atoms with Crippen LogP contribution in [0.3, 0.4) is 0 Å². The molecule has 0 saturated carbocycles. The van der Waals surface area contributed by atoms with Crippen molar-refractivity contribution in [1.29, 1.82) is 0 Å². The number of benzene rings is 1. The van der Waals surface area contributed by atoms with Gasteiger partial charge in [-0.1, -0.05) is 6.92 Å². The fourth-order valence-corrected chi connectivity index (χ4v) is 1.62. The van der Waals surface area contributed by atoms with E-state index in [0.717, 1.165) is 6.42 Å². The van der Waals surface area contributed by atoms with Gasteiger partial charge in [-0.15, -0.1) is 0 Å². The highest BCUT2D eigenvalue weighted by Gasteiger charge is 2.06. The fraction of sp³-hybridized carbons (Fsp3) is 0.308. The van der Waals surface area contributed by atoms with Crippen LogP contribution in [-0.2, 0) is 9.53 Å². The molecule has 5 nitrogen and oxygen atoms in total. The zero-order chi connectivity index (χ0) is 14.3. The van der Waals surface area contributed by atoms with E-state index < -0.39 is 5.97 Å². The minimum absolute atomic E-state index is 0.119. The van der Waals surface area contributed by atoms with Gasteiger partial charge in [-0.25, -0.2) is 4.79 Å². The second-order valence-corrected chi connectivity index (χ2v) is 4.23. The standard InChI is InChI=1S/C13H16N2O3S/c1-3-4-11(16)15-13(19)14-10-7-5-9(6-8-10)12(17)18-2/h5-8H,3-4H2,1-2H3,(H2,14,15,16,19). The molecule has 0 radical (unpaired) electrons. The first-order valence-electron chi connectivity index (χ1n) is 5.86. The Labute approximate surface area is 117 Å². The Morgan fingerprint density at radius 3 is 2.42 bits per heavy atom. The number of rotatable bonds is 4. The summed E-state index contributed by atoms with van der Waals surface area (Å²) < 4.78 is 4.59. The summed E-state index contributed by atoms with van der Waals surface area (Å²) in [6.45, 7) is 1.92. The van der Waals surface area contributed by atoms with E-state index in [1.54, 1.807) is 24.3 Å². The Hall–Kier alpha value is -1.95. The van der Waals surface area contributed by atoms with Gasteiger partial charge in [0.05, 0.1) is 12.7 Å². The van der Waals surface area contributed by atoms with Crippen molar-refractivity contribution in [2.24, 2.45) is 0 Å². The lowest BCUT2D eigenvalue weighted by atomic mass is 10.2. The maximum atomic E-state index is 11.3. The predicted molar refractivity (Wildman–Crippen MR) is 77.1 cm³/mol. The summed E-state index contributed by atoms with van der Waals surface area (Å²) in [6.07, 6.45) is 1.20. The number of nitrogens with one attached hydrogen (secondary N) is 2. The SMILES string of the molecule is CCCC(=O)NC(=S)Nc1ccc(C(=O)OC)cc1. The monoisotopic (exact) mass is 280 g/mol. The number of ether oxygens (including phenoxy) is 1. The molecule has 6 heteroatoms. The van der Waals surface area contributed by atoms with Crippen molar-refractivity contribution in [3.8, 4) is 0 Å². The number of carbonyl (C=O) groups is 2. The third-order valence-electron chi connectivity index (χ3n) is 2.29. The van der Waals surface area contributed by atoms with Gasteiger partial charge in [0, 0.05) is 12.1 Å². The second-order valence-electron chi connectivity index (χ2n) is 3.82. The average Bonchev–Trinajstić information content (AvgIpc) is 2.38. The lowest BCUT2D eigenvalue weighted by molar-refractivity contribution is -0.119. The molecule has 0 atom stereocenters. The number of amides is 1. The third-order valence-corrected chi connectivity index (χ3v) is 2.50. The smallest absolute Gasteiger partial charge is 0.337 e. The maximum absolute atomic E-state index is 11.3. The van der Waals surface area contributed by atoms with E-state index in [2.05, 4.69) is 15.4 Å². The van der Waals surface area contributed by atoms with Gasteiger partial charge in [0.25, 0.3) is 0 Å². The normalized spacial score (nSPS) is 9.58. The van der Waals surface area contributed by atoms with Crippen LogP contribution in [0.25, 0.3) is 0 Å². The Kier molecular flexibility index (Phi) is 5.95. The Morgan fingerprint density at radius 2 is 1.89 bits per heavy atom. The van der Waals surface area contributed by atoms with Crippen molar-refractivity contribution in [2.45, 2.75) is 19.8 Å². The van der Waals surface area contributed by atoms with Crippen molar-refractivity contribution in [3.05, 3.63) is 29.8 Å². The van der Waals surface area contributed by atoms with Crippen LogP contribution in [0.15, 0.2) is 24.3 Å². The van der Waals surface area contributed by atoms with Crippen molar-refractivity contribution in [1.82, 2.24) is 5.32 Å². The first-order valence-corrected chi connectivity index (χ1v) is 6.27. The largest absolute Gasteiger partial charge is 0.465 e. The first kappa shape index (κ1) is 15.1. The molecule has 1 amide bonds. The van der Waals surface area contributed by atoms with Crippen LogP contribution in [0.1, 0.15) is 30.1 Å². The molecule has 0 fully saturated rings. The molecular formula is C13H16N2O3S. The highest BCUT2D eigenvalue weighted by atomic mass is 32.1. The van der Waals surface area contributed by atoms with Crippen molar-refractivity contribution < 1.29 is 14.3 Å². The molecule has 0 aliphatic rings. The number of carbonyl (C=O) groups excluding carboxylic acids is 2. The summed E-state index contributed by atoms with van der Waals surface area (Å²) in [7, 11) is 1.33. The molecule has 0 aromatic heterocycles. The molecule has 0 spiro atoms. The molecule has 19 heavy (non-hydrogen) atoms. The van der Waals surface area contributed by atoms with Gasteiger partial charge in [0.1, 0.15) is 0 Å². The van der Waals surface area contributed by atoms with Crippen LogP contribution >= 0.6 is 12.2 Å². The zero-order valence-electron chi connectivity index (χ0n) is 10.9. The summed E-state index contributed by atoms with van der Waals surface area (Å²) in [6, 6.07) is 6.60. The lowest BCUT2D eigenvalue weighted by Gasteiger charge is -2.09. The van der Waals surface area contributed by atoms with Crippen LogP contribution in [0.4, 0.5) is 5.69 Å². The molecule has 1 aromatic carbocycles. The van der Waals surface area contributed by atoms with E-state index >= 15 is 0 Å².